The number of para-hydroxylation sites is 1. The zero-order chi connectivity index (χ0) is 15.7. The van der Waals surface area contributed by atoms with Crippen LogP contribution in [-0.4, -0.2) is 11.7 Å². The van der Waals surface area contributed by atoms with Gasteiger partial charge in [0.15, 0.2) is 5.78 Å². The summed E-state index contributed by atoms with van der Waals surface area (Å²) >= 11 is 5.91. The van der Waals surface area contributed by atoms with E-state index in [0.29, 0.717) is 16.3 Å². The second-order valence-corrected chi connectivity index (χ2v) is 6.08. The van der Waals surface area contributed by atoms with Crippen molar-refractivity contribution < 1.29 is 9.59 Å². The zero-order valence-corrected chi connectivity index (χ0v) is 13.0. The standard InChI is InChI=1S/C18H16ClNO2/c1-12(21)15-4-2-3-5-16(15)20-17(22)18(10-11-18)13-6-8-14(19)9-7-13/h2-9H,10-11H2,1H3,(H,20,22). The highest BCUT2D eigenvalue weighted by Gasteiger charge is 2.51. The lowest BCUT2D eigenvalue weighted by Crippen LogP contribution is -2.28. The molecule has 0 bridgehead atoms. The summed E-state index contributed by atoms with van der Waals surface area (Å²) in [6, 6.07) is 14.5. The minimum atomic E-state index is -0.492. The van der Waals surface area contributed by atoms with E-state index >= 15 is 0 Å². The van der Waals surface area contributed by atoms with E-state index in [4.69, 9.17) is 11.6 Å². The van der Waals surface area contributed by atoms with Gasteiger partial charge in [0.1, 0.15) is 0 Å². The molecule has 2 aromatic rings. The van der Waals surface area contributed by atoms with Gasteiger partial charge in [0.25, 0.3) is 0 Å². The third kappa shape index (κ3) is 2.64. The van der Waals surface area contributed by atoms with Crippen LogP contribution in [-0.2, 0) is 10.2 Å². The Morgan fingerprint density at radius 2 is 1.68 bits per heavy atom. The van der Waals surface area contributed by atoms with E-state index in [1.807, 2.05) is 18.2 Å². The van der Waals surface area contributed by atoms with Gasteiger partial charge < -0.3 is 5.32 Å². The molecule has 3 nitrogen and oxygen atoms in total. The largest absolute Gasteiger partial charge is 0.325 e. The zero-order valence-electron chi connectivity index (χ0n) is 12.2. The van der Waals surface area contributed by atoms with Crippen LogP contribution in [0.15, 0.2) is 48.5 Å². The van der Waals surface area contributed by atoms with Crippen LogP contribution in [0.25, 0.3) is 0 Å². The number of Topliss-reactive ketones (excluding diaryl/α,β-unsaturated/α-hetero) is 1. The molecule has 1 fully saturated rings. The van der Waals surface area contributed by atoms with Crippen LogP contribution in [0, 0.1) is 0 Å². The highest BCUT2D eigenvalue weighted by Crippen LogP contribution is 2.49. The normalized spacial score (nSPS) is 15.2. The van der Waals surface area contributed by atoms with Crippen LogP contribution in [0.5, 0.6) is 0 Å². The molecular formula is C18H16ClNO2. The summed E-state index contributed by atoms with van der Waals surface area (Å²) in [5.41, 5.74) is 1.58. The maximum atomic E-state index is 12.7. The van der Waals surface area contributed by atoms with E-state index in [2.05, 4.69) is 5.32 Å². The summed E-state index contributed by atoms with van der Waals surface area (Å²) in [6.45, 7) is 1.50. The first-order chi connectivity index (χ1) is 10.5. The van der Waals surface area contributed by atoms with Gasteiger partial charge in [-0.25, -0.2) is 0 Å². The number of hydrogen-bond acceptors (Lipinski definition) is 2. The van der Waals surface area contributed by atoms with Crippen LogP contribution in [0.3, 0.4) is 0 Å². The lowest BCUT2D eigenvalue weighted by atomic mass is 9.94. The van der Waals surface area contributed by atoms with Gasteiger partial charge in [-0.05, 0) is 49.6 Å². The lowest BCUT2D eigenvalue weighted by molar-refractivity contribution is -0.118. The van der Waals surface area contributed by atoms with E-state index in [0.717, 1.165) is 18.4 Å². The molecule has 0 radical (unpaired) electrons. The third-order valence-electron chi connectivity index (χ3n) is 4.14. The third-order valence-corrected chi connectivity index (χ3v) is 4.39. The molecule has 0 saturated heterocycles. The van der Waals surface area contributed by atoms with Crippen LogP contribution >= 0.6 is 11.6 Å². The lowest BCUT2D eigenvalue weighted by Gasteiger charge is -2.17. The summed E-state index contributed by atoms with van der Waals surface area (Å²) in [6.07, 6.45) is 1.62. The number of hydrogen-bond donors (Lipinski definition) is 1. The predicted molar refractivity (Wildman–Crippen MR) is 87.4 cm³/mol. The highest BCUT2D eigenvalue weighted by atomic mass is 35.5. The van der Waals surface area contributed by atoms with E-state index in [9.17, 15) is 9.59 Å². The molecule has 1 amide bonds. The molecule has 0 heterocycles. The fourth-order valence-electron chi connectivity index (χ4n) is 2.68. The van der Waals surface area contributed by atoms with Gasteiger partial charge in [0, 0.05) is 10.6 Å². The Kier molecular flexibility index (Phi) is 3.75. The Morgan fingerprint density at radius 3 is 2.27 bits per heavy atom. The van der Waals surface area contributed by atoms with Gasteiger partial charge in [0.05, 0.1) is 11.1 Å². The summed E-state index contributed by atoms with van der Waals surface area (Å²) in [5.74, 6) is -0.129. The molecule has 1 saturated carbocycles. The molecule has 0 aromatic heterocycles. The number of ketones is 1. The van der Waals surface area contributed by atoms with Crippen molar-refractivity contribution in [1.82, 2.24) is 0 Å². The average Bonchev–Trinajstić information content (AvgIpc) is 3.30. The van der Waals surface area contributed by atoms with Crippen molar-refractivity contribution in [3.8, 4) is 0 Å². The van der Waals surface area contributed by atoms with Crippen molar-refractivity contribution in [2.45, 2.75) is 25.2 Å². The van der Waals surface area contributed by atoms with Crippen molar-refractivity contribution in [3.05, 3.63) is 64.7 Å². The Balaban J connectivity index is 1.86. The van der Waals surface area contributed by atoms with Crippen molar-refractivity contribution in [1.29, 1.82) is 0 Å². The van der Waals surface area contributed by atoms with Crippen molar-refractivity contribution in [2.24, 2.45) is 0 Å². The van der Waals surface area contributed by atoms with Crippen molar-refractivity contribution in [2.75, 3.05) is 5.32 Å². The molecular weight excluding hydrogens is 298 g/mol. The fraction of sp³-hybridized carbons (Fsp3) is 0.222. The SMILES string of the molecule is CC(=O)c1ccccc1NC(=O)C1(c2ccc(Cl)cc2)CC1. The molecule has 112 valence electrons. The Labute approximate surface area is 134 Å². The minimum Gasteiger partial charge on any atom is -0.325 e. The molecule has 0 atom stereocenters. The number of benzene rings is 2. The number of carbonyl (C=O) groups is 2. The second-order valence-electron chi connectivity index (χ2n) is 5.64. The van der Waals surface area contributed by atoms with Gasteiger partial charge in [-0.15, -0.1) is 0 Å². The fourth-order valence-corrected chi connectivity index (χ4v) is 2.81. The molecule has 4 heteroatoms. The number of carbonyl (C=O) groups excluding carboxylic acids is 2. The van der Waals surface area contributed by atoms with E-state index in [-0.39, 0.29) is 11.7 Å². The molecule has 22 heavy (non-hydrogen) atoms. The maximum absolute atomic E-state index is 12.7. The molecule has 0 spiro atoms. The highest BCUT2D eigenvalue weighted by molar-refractivity contribution is 6.30. The monoisotopic (exact) mass is 313 g/mol. The molecule has 1 N–H and O–H groups in total. The summed E-state index contributed by atoms with van der Waals surface area (Å²) in [7, 11) is 0. The van der Waals surface area contributed by atoms with Gasteiger partial charge >= 0.3 is 0 Å². The Morgan fingerprint density at radius 1 is 1.05 bits per heavy atom. The molecule has 0 unspecified atom stereocenters. The van der Waals surface area contributed by atoms with E-state index < -0.39 is 5.41 Å². The first kappa shape index (κ1) is 14.8. The molecule has 0 aliphatic heterocycles. The number of amides is 1. The average molecular weight is 314 g/mol. The number of nitrogens with one attached hydrogen (secondary N) is 1. The maximum Gasteiger partial charge on any atom is 0.235 e. The smallest absolute Gasteiger partial charge is 0.235 e. The van der Waals surface area contributed by atoms with Gasteiger partial charge in [-0.1, -0.05) is 35.9 Å². The molecule has 3 rings (SSSR count). The summed E-state index contributed by atoms with van der Waals surface area (Å²) in [4.78, 5) is 24.4. The van der Waals surface area contributed by atoms with Crippen LogP contribution < -0.4 is 5.32 Å². The van der Waals surface area contributed by atoms with Crippen LogP contribution in [0.1, 0.15) is 35.7 Å². The Hall–Kier alpha value is -2.13. The van der Waals surface area contributed by atoms with E-state index in [1.165, 1.54) is 6.92 Å². The summed E-state index contributed by atoms with van der Waals surface area (Å²) < 4.78 is 0. The van der Waals surface area contributed by atoms with Crippen LogP contribution in [0.4, 0.5) is 5.69 Å². The topological polar surface area (TPSA) is 46.2 Å². The van der Waals surface area contributed by atoms with Crippen molar-refractivity contribution in [3.63, 3.8) is 0 Å². The van der Waals surface area contributed by atoms with Gasteiger partial charge in [0.2, 0.25) is 5.91 Å². The second kappa shape index (κ2) is 5.58. The first-order valence-electron chi connectivity index (χ1n) is 7.20. The number of anilines is 1. The number of halogens is 1. The first-order valence-corrected chi connectivity index (χ1v) is 7.58. The predicted octanol–water partition coefficient (Wildman–Crippen LogP) is 4.21. The van der Waals surface area contributed by atoms with Gasteiger partial charge in [-0.2, -0.15) is 0 Å². The van der Waals surface area contributed by atoms with Crippen LogP contribution in [0.2, 0.25) is 5.02 Å². The van der Waals surface area contributed by atoms with Crippen molar-refractivity contribution >= 4 is 29.0 Å². The van der Waals surface area contributed by atoms with Gasteiger partial charge in [-0.3, -0.25) is 9.59 Å². The molecule has 1 aliphatic rings. The number of rotatable bonds is 4. The Bertz CT molecular complexity index is 733. The molecule has 1 aliphatic carbocycles. The summed E-state index contributed by atoms with van der Waals surface area (Å²) in [5, 5.41) is 3.57. The quantitative estimate of drug-likeness (QED) is 0.859. The molecule has 2 aromatic carbocycles. The minimum absolute atomic E-state index is 0.0627. The van der Waals surface area contributed by atoms with E-state index in [1.54, 1.807) is 30.3 Å².